The normalized spacial score (nSPS) is 14.2. The van der Waals surface area contributed by atoms with Gasteiger partial charge in [-0.15, -0.1) is 12.4 Å². The Balaban J connectivity index is 0.00000289. The van der Waals surface area contributed by atoms with Gasteiger partial charge in [0.15, 0.2) is 11.7 Å². The molecule has 0 bridgehead atoms. The Morgan fingerprint density at radius 1 is 1.22 bits per heavy atom. The van der Waals surface area contributed by atoms with E-state index < -0.39 is 0 Å². The number of para-hydroxylation sites is 2. The second kappa shape index (κ2) is 11.8. The van der Waals surface area contributed by atoms with Gasteiger partial charge in [-0.25, -0.2) is 4.98 Å². The van der Waals surface area contributed by atoms with Gasteiger partial charge < -0.3 is 9.47 Å². The van der Waals surface area contributed by atoms with Gasteiger partial charge in [0.25, 0.3) is 5.91 Å². The largest absolute Gasteiger partial charge is 0.483 e. The van der Waals surface area contributed by atoms with E-state index in [2.05, 4.69) is 9.88 Å². The number of carbonyl (C=O) groups excluding carboxylic acids is 1. The van der Waals surface area contributed by atoms with Gasteiger partial charge in [-0.2, -0.15) is 0 Å². The Kier molecular flexibility index (Phi) is 9.13. The molecule has 1 aliphatic heterocycles. The van der Waals surface area contributed by atoms with E-state index in [1.165, 1.54) is 11.3 Å². The number of aromatic nitrogens is 1. The van der Waals surface area contributed by atoms with E-state index in [1.54, 1.807) is 4.90 Å². The Labute approximate surface area is 203 Å². The lowest BCUT2D eigenvalue weighted by Gasteiger charge is -2.27. The van der Waals surface area contributed by atoms with E-state index in [4.69, 9.17) is 21.1 Å². The number of hydrogen-bond donors (Lipinski definition) is 0. The lowest BCUT2D eigenvalue weighted by atomic mass is 10.2. The third-order valence-electron chi connectivity index (χ3n) is 5.29. The number of morpholine rings is 1. The summed E-state index contributed by atoms with van der Waals surface area (Å²) in [6, 6.07) is 13.4. The van der Waals surface area contributed by atoms with Crippen molar-refractivity contribution < 1.29 is 14.3 Å². The fraction of sp³-hybridized carbons (Fsp3) is 0.391. The van der Waals surface area contributed by atoms with Gasteiger partial charge in [0.2, 0.25) is 0 Å². The quantitative estimate of drug-likeness (QED) is 0.448. The summed E-state index contributed by atoms with van der Waals surface area (Å²) in [5.41, 5.74) is 1.73. The summed E-state index contributed by atoms with van der Waals surface area (Å²) in [5.74, 6) is 0.608. The fourth-order valence-electron chi connectivity index (χ4n) is 3.56. The van der Waals surface area contributed by atoms with Crippen LogP contribution >= 0.6 is 35.3 Å². The smallest absolute Gasteiger partial charge is 0.266 e. The number of carbonyl (C=O) groups is 1. The monoisotopic (exact) mass is 495 g/mol. The SMILES string of the molecule is Cc1ccccc1OCC(=O)N(CCCN1CCOCC1)c1nc2c(Cl)cccc2s1.Cl. The molecule has 1 fully saturated rings. The molecule has 0 aliphatic carbocycles. The molecule has 1 aliphatic rings. The van der Waals surface area contributed by atoms with Crippen LogP contribution in [0.4, 0.5) is 5.13 Å². The zero-order valence-electron chi connectivity index (χ0n) is 18.0. The van der Waals surface area contributed by atoms with Crippen molar-refractivity contribution in [3.05, 3.63) is 53.1 Å². The molecule has 3 aromatic rings. The molecule has 172 valence electrons. The van der Waals surface area contributed by atoms with Gasteiger partial charge in [0.05, 0.1) is 22.9 Å². The molecular weight excluding hydrogens is 469 g/mol. The third kappa shape index (κ3) is 6.11. The van der Waals surface area contributed by atoms with E-state index in [9.17, 15) is 4.79 Å². The minimum Gasteiger partial charge on any atom is -0.483 e. The lowest BCUT2D eigenvalue weighted by Crippen LogP contribution is -2.40. The maximum absolute atomic E-state index is 13.2. The predicted octanol–water partition coefficient (Wildman–Crippen LogP) is 4.81. The molecule has 1 aromatic heterocycles. The molecule has 32 heavy (non-hydrogen) atoms. The van der Waals surface area contributed by atoms with E-state index >= 15 is 0 Å². The number of thiazole rings is 1. The standard InChI is InChI=1S/C23H26ClN3O3S.ClH/c1-17-6-2-3-8-19(17)30-16-21(28)27(11-5-10-26-12-14-29-15-13-26)23-25-22-18(24)7-4-9-20(22)31-23;/h2-4,6-9H,5,10-16H2,1H3;1H. The van der Waals surface area contributed by atoms with Crippen molar-refractivity contribution in [3.63, 3.8) is 0 Å². The zero-order chi connectivity index (χ0) is 21.6. The van der Waals surface area contributed by atoms with Crippen LogP contribution < -0.4 is 9.64 Å². The number of benzene rings is 2. The van der Waals surface area contributed by atoms with Crippen molar-refractivity contribution in [2.24, 2.45) is 0 Å². The molecule has 0 N–H and O–H groups in total. The first-order valence-corrected chi connectivity index (χ1v) is 11.7. The highest BCUT2D eigenvalue weighted by Crippen LogP contribution is 2.33. The topological polar surface area (TPSA) is 54.9 Å². The van der Waals surface area contributed by atoms with Crippen LogP contribution in [-0.4, -0.2) is 61.8 Å². The highest BCUT2D eigenvalue weighted by Gasteiger charge is 2.22. The van der Waals surface area contributed by atoms with Crippen LogP contribution in [0.25, 0.3) is 10.2 Å². The van der Waals surface area contributed by atoms with Crippen molar-refractivity contribution >= 4 is 56.6 Å². The Hall–Kier alpha value is -1.90. The maximum Gasteiger partial charge on any atom is 0.266 e. The van der Waals surface area contributed by atoms with Crippen LogP contribution in [0, 0.1) is 6.92 Å². The first kappa shape index (κ1) is 24.7. The predicted molar refractivity (Wildman–Crippen MR) is 133 cm³/mol. The van der Waals surface area contributed by atoms with E-state index in [0.29, 0.717) is 16.7 Å². The van der Waals surface area contributed by atoms with E-state index in [1.807, 2.05) is 49.4 Å². The summed E-state index contributed by atoms with van der Waals surface area (Å²) in [7, 11) is 0. The van der Waals surface area contributed by atoms with Crippen LogP contribution in [0.5, 0.6) is 5.75 Å². The molecule has 0 spiro atoms. The number of rotatable bonds is 8. The molecule has 4 rings (SSSR count). The van der Waals surface area contributed by atoms with Crippen molar-refractivity contribution in [2.75, 3.05) is 50.9 Å². The third-order valence-corrected chi connectivity index (χ3v) is 6.64. The first-order chi connectivity index (χ1) is 15.1. The summed E-state index contributed by atoms with van der Waals surface area (Å²) in [6.45, 7) is 6.82. The summed E-state index contributed by atoms with van der Waals surface area (Å²) >= 11 is 7.80. The highest BCUT2D eigenvalue weighted by molar-refractivity contribution is 7.22. The van der Waals surface area contributed by atoms with Gasteiger partial charge in [0.1, 0.15) is 11.3 Å². The molecule has 6 nitrogen and oxygen atoms in total. The minimum atomic E-state index is -0.111. The van der Waals surface area contributed by atoms with Crippen LogP contribution in [0.1, 0.15) is 12.0 Å². The number of halogens is 2. The Bertz CT molecular complexity index is 1040. The number of anilines is 1. The molecule has 0 atom stereocenters. The molecule has 1 saturated heterocycles. The molecule has 0 radical (unpaired) electrons. The number of hydrogen-bond acceptors (Lipinski definition) is 6. The summed E-state index contributed by atoms with van der Waals surface area (Å²) in [5, 5.41) is 1.25. The summed E-state index contributed by atoms with van der Waals surface area (Å²) < 4.78 is 12.2. The number of aryl methyl sites for hydroxylation is 1. The zero-order valence-corrected chi connectivity index (χ0v) is 20.3. The molecule has 2 heterocycles. The number of ether oxygens (including phenoxy) is 2. The van der Waals surface area contributed by atoms with Gasteiger partial charge in [0, 0.05) is 26.2 Å². The van der Waals surface area contributed by atoms with Gasteiger partial charge in [-0.05, 0) is 37.1 Å². The first-order valence-electron chi connectivity index (χ1n) is 10.5. The van der Waals surface area contributed by atoms with Crippen LogP contribution in [0.3, 0.4) is 0 Å². The number of amides is 1. The summed E-state index contributed by atoms with van der Waals surface area (Å²) in [4.78, 5) is 21.9. The van der Waals surface area contributed by atoms with Crippen molar-refractivity contribution in [2.45, 2.75) is 13.3 Å². The van der Waals surface area contributed by atoms with Gasteiger partial charge in [-0.1, -0.05) is 47.2 Å². The minimum absolute atomic E-state index is 0. The van der Waals surface area contributed by atoms with E-state index in [-0.39, 0.29) is 24.9 Å². The number of nitrogens with zero attached hydrogens (tertiary/aromatic N) is 3. The average Bonchev–Trinajstić information content (AvgIpc) is 3.22. The van der Waals surface area contributed by atoms with Crippen LogP contribution in [-0.2, 0) is 9.53 Å². The molecule has 1 amide bonds. The molecule has 0 saturated carbocycles. The Morgan fingerprint density at radius 3 is 2.75 bits per heavy atom. The maximum atomic E-state index is 13.2. The molecule has 0 unspecified atom stereocenters. The molecule has 9 heteroatoms. The second-order valence-electron chi connectivity index (χ2n) is 7.49. The molecular formula is C23H27Cl2N3O3S. The average molecular weight is 496 g/mol. The fourth-order valence-corrected chi connectivity index (χ4v) is 4.87. The highest BCUT2D eigenvalue weighted by atomic mass is 35.5. The number of fused-ring (bicyclic) bond motifs is 1. The van der Waals surface area contributed by atoms with Crippen molar-refractivity contribution in [1.82, 2.24) is 9.88 Å². The van der Waals surface area contributed by atoms with Crippen LogP contribution in [0.2, 0.25) is 5.02 Å². The summed E-state index contributed by atoms with van der Waals surface area (Å²) in [6.07, 6.45) is 0.847. The lowest BCUT2D eigenvalue weighted by molar-refractivity contribution is -0.120. The van der Waals surface area contributed by atoms with Crippen molar-refractivity contribution in [3.8, 4) is 5.75 Å². The second-order valence-corrected chi connectivity index (χ2v) is 8.91. The van der Waals surface area contributed by atoms with Gasteiger partial charge in [-0.3, -0.25) is 14.6 Å². The van der Waals surface area contributed by atoms with Crippen LogP contribution in [0.15, 0.2) is 42.5 Å². The molecule has 2 aromatic carbocycles. The van der Waals surface area contributed by atoms with Gasteiger partial charge >= 0.3 is 0 Å². The Morgan fingerprint density at radius 2 is 2.00 bits per heavy atom. The van der Waals surface area contributed by atoms with E-state index in [0.717, 1.165) is 60.8 Å². The van der Waals surface area contributed by atoms with Crippen molar-refractivity contribution in [1.29, 1.82) is 0 Å².